The third-order valence-corrected chi connectivity index (χ3v) is 3.56. The first-order valence-corrected chi connectivity index (χ1v) is 7.68. The molecule has 0 saturated carbocycles. The highest BCUT2D eigenvalue weighted by Crippen LogP contribution is 2.27. The summed E-state index contributed by atoms with van der Waals surface area (Å²) in [5.41, 5.74) is -0.555. The predicted molar refractivity (Wildman–Crippen MR) is 84.5 cm³/mol. The number of ether oxygens (including phenoxy) is 1. The summed E-state index contributed by atoms with van der Waals surface area (Å²) in [6.45, 7) is 6.73. The zero-order valence-electron chi connectivity index (χ0n) is 13.7. The van der Waals surface area contributed by atoms with Crippen LogP contribution in [0, 0.1) is 10.1 Å². The van der Waals surface area contributed by atoms with E-state index in [9.17, 15) is 14.9 Å². The lowest BCUT2D eigenvalue weighted by molar-refractivity contribution is -0.384. The van der Waals surface area contributed by atoms with Crippen molar-refractivity contribution < 1.29 is 14.5 Å². The smallest absolute Gasteiger partial charge is 0.407 e. The summed E-state index contributed by atoms with van der Waals surface area (Å²) >= 11 is 0. The number of aromatic amines is 1. The number of carbonyl (C=O) groups excluding carboxylic acids is 1. The average Bonchev–Trinajstić information content (AvgIpc) is 2.79. The molecule has 0 radical (unpaired) electrons. The van der Waals surface area contributed by atoms with Crippen molar-refractivity contribution in [3.63, 3.8) is 0 Å². The average molecular weight is 325 g/mol. The minimum Gasteiger partial charge on any atom is -0.444 e. The van der Waals surface area contributed by atoms with Crippen molar-refractivity contribution in [1.82, 2.24) is 15.5 Å². The van der Waals surface area contributed by atoms with Crippen molar-refractivity contribution in [1.29, 1.82) is 0 Å². The van der Waals surface area contributed by atoms with Gasteiger partial charge in [-0.25, -0.2) is 4.79 Å². The van der Waals surface area contributed by atoms with E-state index < -0.39 is 16.6 Å². The molecule has 9 heteroatoms. The van der Waals surface area contributed by atoms with Gasteiger partial charge in [0.15, 0.2) is 0 Å². The molecule has 23 heavy (non-hydrogen) atoms. The Morgan fingerprint density at radius 2 is 2.22 bits per heavy atom. The lowest BCUT2D eigenvalue weighted by Gasteiger charge is -2.23. The van der Waals surface area contributed by atoms with Gasteiger partial charge < -0.3 is 15.0 Å². The Kier molecular flexibility index (Phi) is 5.07. The Balaban J connectivity index is 1.93. The van der Waals surface area contributed by atoms with Gasteiger partial charge in [-0.05, 0) is 40.0 Å². The maximum absolute atomic E-state index is 11.8. The van der Waals surface area contributed by atoms with Crippen molar-refractivity contribution in [3.8, 4) is 0 Å². The zero-order chi connectivity index (χ0) is 17.0. The van der Waals surface area contributed by atoms with Gasteiger partial charge in [-0.1, -0.05) is 0 Å². The quantitative estimate of drug-likeness (QED) is 0.650. The number of hydrogen-bond acceptors (Lipinski definition) is 6. The van der Waals surface area contributed by atoms with Crippen LogP contribution in [0.2, 0.25) is 0 Å². The number of nitro groups is 1. The number of rotatable bonds is 3. The first-order valence-electron chi connectivity index (χ1n) is 7.68. The monoisotopic (exact) mass is 325 g/mol. The summed E-state index contributed by atoms with van der Waals surface area (Å²) in [7, 11) is 0. The minimum atomic E-state index is -0.530. The summed E-state index contributed by atoms with van der Waals surface area (Å²) in [6, 6.07) is -0.00294. The number of nitrogens with one attached hydrogen (secondary N) is 2. The molecule has 2 rings (SSSR count). The number of amides is 1. The third-order valence-electron chi connectivity index (χ3n) is 3.56. The molecule has 9 nitrogen and oxygen atoms in total. The maximum Gasteiger partial charge on any atom is 0.407 e. The van der Waals surface area contributed by atoms with Crippen molar-refractivity contribution in [3.05, 3.63) is 16.3 Å². The SMILES string of the molecule is CC(C)(C)OC(=O)NC1CCCN(c2[nH]ncc2[N+](=O)[O-])CC1. The maximum atomic E-state index is 11.8. The van der Waals surface area contributed by atoms with Crippen molar-refractivity contribution >= 4 is 17.6 Å². The zero-order valence-corrected chi connectivity index (χ0v) is 13.7. The molecule has 2 N–H and O–H groups in total. The minimum absolute atomic E-state index is 0.00294. The number of nitrogens with zero attached hydrogens (tertiary/aromatic N) is 3. The van der Waals surface area contributed by atoms with Crippen molar-refractivity contribution in [2.75, 3.05) is 18.0 Å². The van der Waals surface area contributed by atoms with E-state index in [0.717, 1.165) is 12.8 Å². The van der Waals surface area contributed by atoms with Crippen molar-refractivity contribution in [2.24, 2.45) is 0 Å². The lowest BCUT2D eigenvalue weighted by Crippen LogP contribution is -2.39. The van der Waals surface area contributed by atoms with Crippen LogP contribution in [0.25, 0.3) is 0 Å². The van der Waals surface area contributed by atoms with Gasteiger partial charge in [-0.3, -0.25) is 15.2 Å². The first-order chi connectivity index (χ1) is 10.8. The van der Waals surface area contributed by atoms with Crippen LogP contribution in [-0.2, 0) is 4.74 Å². The topological polar surface area (TPSA) is 113 Å². The molecule has 0 aromatic carbocycles. The van der Waals surface area contributed by atoms with Gasteiger partial charge in [0, 0.05) is 19.1 Å². The van der Waals surface area contributed by atoms with E-state index in [4.69, 9.17) is 4.74 Å². The van der Waals surface area contributed by atoms with Crippen molar-refractivity contribution in [2.45, 2.75) is 51.7 Å². The molecule has 1 aromatic heterocycles. The largest absolute Gasteiger partial charge is 0.444 e. The standard InChI is InChI=1S/C14H23N5O4/c1-14(2,3)23-13(20)16-10-5-4-7-18(8-6-10)12-11(19(21)22)9-15-17-12/h9-10H,4-8H2,1-3H3,(H,15,17)(H,16,20). The predicted octanol–water partition coefficient (Wildman–Crippen LogP) is 2.20. The fourth-order valence-corrected chi connectivity index (χ4v) is 2.58. The van der Waals surface area contributed by atoms with E-state index in [1.54, 1.807) is 0 Å². The highest BCUT2D eigenvalue weighted by molar-refractivity contribution is 5.68. The second kappa shape index (κ2) is 6.84. The Hall–Kier alpha value is -2.32. The first kappa shape index (κ1) is 17.0. The van der Waals surface area contributed by atoms with E-state index in [1.807, 2.05) is 25.7 Å². The van der Waals surface area contributed by atoms with E-state index in [-0.39, 0.29) is 11.7 Å². The van der Waals surface area contributed by atoms with Crippen LogP contribution in [0.4, 0.5) is 16.3 Å². The fraction of sp³-hybridized carbons (Fsp3) is 0.714. The summed E-state index contributed by atoms with van der Waals surface area (Å²) < 4.78 is 5.26. The molecule has 128 valence electrons. The van der Waals surface area contributed by atoms with Crippen LogP contribution >= 0.6 is 0 Å². The highest BCUT2D eigenvalue weighted by Gasteiger charge is 2.26. The molecule has 1 aromatic rings. The molecular weight excluding hydrogens is 302 g/mol. The van der Waals surface area contributed by atoms with Crippen LogP contribution in [0.5, 0.6) is 0 Å². The molecular formula is C14H23N5O4. The number of H-pyrrole nitrogens is 1. The van der Waals surface area contributed by atoms with Gasteiger partial charge in [-0.15, -0.1) is 0 Å². The van der Waals surface area contributed by atoms with Gasteiger partial charge in [-0.2, -0.15) is 5.10 Å². The van der Waals surface area contributed by atoms with E-state index >= 15 is 0 Å². The van der Waals surface area contributed by atoms with E-state index in [0.29, 0.717) is 25.3 Å². The van der Waals surface area contributed by atoms with E-state index in [1.165, 1.54) is 6.20 Å². The third kappa shape index (κ3) is 4.83. The number of hydrogen-bond donors (Lipinski definition) is 2. The van der Waals surface area contributed by atoms with Gasteiger partial charge >= 0.3 is 11.8 Å². The molecule has 1 atom stereocenters. The summed E-state index contributed by atoms with van der Waals surface area (Å²) in [5, 5.41) is 20.3. The van der Waals surface area contributed by atoms with Crippen LogP contribution in [0.15, 0.2) is 6.20 Å². The molecule has 1 aliphatic rings. The van der Waals surface area contributed by atoms with Gasteiger partial charge in [0.2, 0.25) is 5.82 Å². The molecule has 0 bridgehead atoms. The number of aromatic nitrogens is 2. The Morgan fingerprint density at radius 1 is 1.48 bits per heavy atom. The number of alkyl carbamates (subject to hydrolysis) is 1. The highest BCUT2D eigenvalue weighted by atomic mass is 16.6. The Morgan fingerprint density at radius 3 is 2.87 bits per heavy atom. The molecule has 1 aliphatic heterocycles. The molecule has 1 fully saturated rings. The van der Waals surface area contributed by atoms with Crippen LogP contribution in [0.3, 0.4) is 0 Å². The summed E-state index contributed by atoms with van der Waals surface area (Å²) in [4.78, 5) is 24.3. The van der Waals surface area contributed by atoms with Crippen LogP contribution in [0.1, 0.15) is 40.0 Å². The molecule has 0 spiro atoms. The second-order valence-electron chi connectivity index (χ2n) is 6.62. The molecule has 0 aliphatic carbocycles. The molecule has 1 unspecified atom stereocenters. The lowest BCUT2D eigenvalue weighted by atomic mass is 10.1. The molecule has 2 heterocycles. The normalized spacial score (nSPS) is 19.1. The Bertz CT molecular complexity index is 566. The number of anilines is 1. The number of carbonyl (C=O) groups is 1. The van der Waals surface area contributed by atoms with Gasteiger partial charge in [0.1, 0.15) is 11.8 Å². The van der Waals surface area contributed by atoms with Gasteiger partial charge in [0.25, 0.3) is 0 Å². The summed E-state index contributed by atoms with van der Waals surface area (Å²) in [5.74, 6) is 0.424. The molecule has 1 amide bonds. The van der Waals surface area contributed by atoms with Crippen LogP contribution < -0.4 is 10.2 Å². The summed E-state index contributed by atoms with van der Waals surface area (Å²) in [6.07, 6.45) is 3.10. The van der Waals surface area contributed by atoms with Gasteiger partial charge in [0.05, 0.1) is 4.92 Å². The molecule has 1 saturated heterocycles. The van der Waals surface area contributed by atoms with E-state index in [2.05, 4.69) is 15.5 Å². The fourth-order valence-electron chi connectivity index (χ4n) is 2.58. The van der Waals surface area contributed by atoms with Crippen LogP contribution in [-0.4, -0.2) is 45.9 Å². The second-order valence-corrected chi connectivity index (χ2v) is 6.62. The Labute approximate surface area is 134 Å².